The van der Waals surface area contributed by atoms with Crippen LogP contribution in [0.3, 0.4) is 0 Å². The molecule has 0 radical (unpaired) electrons. The van der Waals surface area contributed by atoms with E-state index in [2.05, 4.69) is 27.4 Å². The topological polar surface area (TPSA) is 32.9 Å². The van der Waals surface area contributed by atoms with Crippen molar-refractivity contribution in [2.24, 2.45) is 0 Å². The second kappa shape index (κ2) is 7.93. The van der Waals surface area contributed by atoms with Gasteiger partial charge in [0.2, 0.25) is 0 Å². The van der Waals surface area contributed by atoms with Crippen LogP contribution in [0, 0.1) is 0 Å². The maximum Gasteiger partial charge on any atom is 0.181 e. The molecule has 0 bridgehead atoms. The third-order valence-electron chi connectivity index (χ3n) is 0.715. The fraction of sp³-hybridized carbons (Fsp3) is 0. The van der Waals surface area contributed by atoms with Crippen molar-refractivity contribution in [1.29, 1.82) is 0 Å². The van der Waals surface area contributed by atoms with Crippen LogP contribution in [0.5, 0.6) is 0 Å². The number of pyridine rings is 1. The van der Waals surface area contributed by atoms with Gasteiger partial charge in [-0.2, -0.15) is 0 Å². The van der Waals surface area contributed by atoms with Crippen molar-refractivity contribution in [3.05, 3.63) is 34.7 Å². The summed E-state index contributed by atoms with van der Waals surface area (Å²) in [5, 5.41) is 0. The summed E-state index contributed by atoms with van der Waals surface area (Å²) in [6.07, 6.45) is 3.20. The molecule has 0 atom stereocenters. The van der Waals surface area contributed by atoms with E-state index in [0.29, 0.717) is 0 Å². The highest BCUT2D eigenvalue weighted by atomic mass is 33.2. The second-order valence-corrected chi connectivity index (χ2v) is 4.91. The fourth-order valence-electron chi connectivity index (χ4n) is 0.372. The predicted octanol–water partition coefficient (Wildman–Crippen LogP) is 0.365. The van der Waals surface area contributed by atoms with Crippen molar-refractivity contribution in [3.63, 3.8) is 0 Å². The molecule has 60 valence electrons. The van der Waals surface area contributed by atoms with Gasteiger partial charge >= 0.3 is 0 Å². The molecule has 2 nitrogen and oxygen atoms in total. The molecule has 1 rings (SSSR count). The molecule has 0 spiro atoms. The summed E-state index contributed by atoms with van der Waals surface area (Å²) in [7, 11) is 2.34. The van der Waals surface area contributed by atoms with Crippen molar-refractivity contribution in [1.82, 2.24) is 4.98 Å². The van der Waals surface area contributed by atoms with Gasteiger partial charge in [0, 0.05) is 64.7 Å². The Kier molecular flexibility index (Phi) is 7.81. The molecule has 11 heavy (non-hydrogen) atoms. The van der Waals surface area contributed by atoms with E-state index in [1.54, 1.807) is 12.4 Å². The first-order chi connectivity index (χ1) is 5.31. The predicted molar refractivity (Wildman–Crippen MR) is 56.5 cm³/mol. The quantitative estimate of drug-likeness (QED) is 0.689. The molecule has 0 fully saturated rings. The average Bonchev–Trinajstić information content (AvgIpc) is 2.07. The number of H-pyrrole nitrogens is 1. The molecule has 0 saturated carbocycles. The average molecular weight is 223 g/mol. The highest BCUT2D eigenvalue weighted by Crippen LogP contribution is 1.64. The van der Waals surface area contributed by atoms with Gasteiger partial charge in [0.1, 0.15) is 0 Å². The number of aromatic nitrogens is 1. The monoisotopic (exact) mass is 223 g/mol. The van der Waals surface area contributed by atoms with Crippen LogP contribution in [-0.4, -0.2) is 4.98 Å². The standard InChI is InChI=1S/C5H5NO.S4/c7-5-1-3-6-4-2-5;1-3-4-2/h1-4H,(H,6,7);. The van der Waals surface area contributed by atoms with Crippen LogP contribution in [0.2, 0.25) is 0 Å². The number of aromatic amines is 1. The molecule has 0 unspecified atom stereocenters. The summed E-state index contributed by atoms with van der Waals surface area (Å²) in [6, 6.07) is 2.94. The van der Waals surface area contributed by atoms with Crippen molar-refractivity contribution < 1.29 is 0 Å². The van der Waals surface area contributed by atoms with Gasteiger partial charge in [0.25, 0.3) is 0 Å². The van der Waals surface area contributed by atoms with Crippen LogP contribution in [0.4, 0.5) is 0 Å². The van der Waals surface area contributed by atoms with E-state index in [0.717, 1.165) is 0 Å². The van der Waals surface area contributed by atoms with Crippen molar-refractivity contribution >= 4 is 40.1 Å². The molecule has 0 aliphatic carbocycles. The van der Waals surface area contributed by atoms with Crippen LogP contribution in [0.25, 0.3) is 0 Å². The summed E-state index contributed by atoms with van der Waals surface area (Å²) in [4.78, 5) is 13.0. The Hall–Kier alpha value is -0.170. The van der Waals surface area contributed by atoms with Gasteiger partial charge in [-0.05, 0) is 0 Å². The van der Waals surface area contributed by atoms with Crippen LogP contribution >= 0.6 is 0 Å². The van der Waals surface area contributed by atoms with Gasteiger partial charge in [-0.3, -0.25) is 4.79 Å². The molecule has 0 aromatic carbocycles. The number of hydrogen-bond acceptors (Lipinski definition) is 3. The number of rotatable bonds is 0. The Labute approximate surface area is 79.7 Å². The van der Waals surface area contributed by atoms with E-state index in [1.165, 1.54) is 29.9 Å². The van der Waals surface area contributed by atoms with Gasteiger partial charge in [-0.25, -0.2) is 0 Å². The van der Waals surface area contributed by atoms with E-state index in [1.807, 2.05) is 0 Å². The molecular formula is C5H5NOS4. The summed E-state index contributed by atoms with van der Waals surface area (Å²) in [5.74, 6) is 0. The van der Waals surface area contributed by atoms with Gasteiger partial charge in [-0.1, -0.05) is 0 Å². The fourth-order valence-corrected chi connectivity index (χ4v) is 0.372. The molecule has 6 heteroatoms. The minimum Gasteiger partial charge on any atom is -0.367 e. The van der Waals surface area contributed by atoms with E-state index < -0.39 is 0 Å². The maximum atomic E-state index is 10.2. The van der Waals surface area contributed by atoms with Crippen LogP contribution in [0.1, 0.15) is 0 Å². The molecular weight excluding hydrogens is 218 g/mol. The van der Waals surface area contributed by atoms with E-state index in [9.17, 15) is 4.79 Å². The van der Waals surface area contributed by atoms with Gasteiger partial charge < -0.3 is 4.98 Å². The minimum absolute atomic E-state index is 0.0405. The van der Waals surface area contributed by atoms with Crippen LogP contribution in [0.15, 0.2) is 29.3 Å². The molecule has 1 N–H and O–H groups in total. The number of nitrogens with one attached hydrogen (secondary N) is 1. The first kappa shape index (κ1) is 10.8. The third kappa shape index (κ3) is 7.73. The van der Waals surface area contributed by atoms with Gasteiger partial charge in [0.15, 0.2) is 5.43 Å². The Morgan fingerprint density at radius 1 is 1.18 bits per heavy atom. The van der Waals surface area contributed by atoms with E-state index in [4.69, 9.17) is 0 Å². The highest BCUT2D eigenvalue weighted by Gasteiger charge is 1.70. The van der Waals surface area contributed by atoms with Gasteiger partial charge in [0.05, 0.1) is 0 Å². The Balaban J connectivity index is 0.000000218. The van der Waals surface area contributed by atoms with Crippen molar-refractivity contribution in [2.45, 2.75) is 0 Å². The Morgan fingerprint density at radius 2 is 1.64 bits per heavy atom. The Morgan fingerprint density at radius 3 is 1.82 bits per heavy atom. The first-order valence-corrected chi connectivity index (χ1v) is 6.53. The van der Waals surface area contributed by atoms with Crippen molar-refractivity contribution in [2.75, 3.05) is 0 Å². The lowest BCUT2D eigenvalue weighted by atomic mass is 10.5. The summed E-state index contributed by atoms with van der Waals surface area (Å²) in [5.41, 5.74) is 0.0405. The smallest absolute Gasteiger partial charge is 0.181 e. The lowest BCUT2D eigenvalue weighted by Crippen LogP contribution is -1.92. The zero-order valence-corrected chi connectivity index (χ0v) is 8.62. The normalized spacial score (nSPS) is 7.27. The number of hydrogen-bond donors (Lipinski definition) is 1. The first-order valence-electron chi connectivity index (χ1n) is 2.53. The molecule has 1 aromatic heterocycles. The van der Waals surface area contributed by atoms with E-state index in [-0.39, 0.29) is 5.43 Å². The minimum atomic E-state index is 0.0405. The third-order valence-corrected chi connectivity index (χ3v) is 2.94. The molecule has 0 aliphatic rings. The lowest BCUT2D eigenvalue weighted by molar-refractivity contribution is 1.31. The molecule has 0 saturated heterocycles. The summed E-state index contributed by atoms with van der Waals surface area (Å²) >= 11 is 8.66. The molecule has 0 aliphatic heterocycles. The molecule has 1 aromatic rings. The lowest BCUT2D eigenvalue weighted by Gasteiger charge is -1.73. The second-order valence-electron chi connectivity index (χ2n) is 1.37. The van der Waals surface area contributed by atoms with E-state index >= 15 is 0 Å². The molecule has 0 amide bonds. The largest absolute Gasteiger partial charge is 0.367 e. The maximum absolute atomic E-state index is 10.2. The SMILES string of the molecule is O=c1cc[nH]cc1.S=S=S=S. The van der Waals surface area contributed by atoms with Crippen LogP contribution < -0.4 is 5.43 Å². The molecule has 1 heterocycles. The zero-order chi connectivity index (χ0) is 8.53. The summed E-state index contributed by atoms with van der Waals surface area (Å²) < 4.78 is 0. The van der Waals surface area contributed by atoms with Crippen molar-refractivity contribution in [3.8, 4) is 0 Å². The Bertz CT molecular complexity index is 296. The van der Waals surface area contributed by atoms with Crippen LogP contribution in [-0.2, 0) is 40.1 Å². The highest BCUT2D eigenvalue weighted by molar-refractivity contribution is 8.51. The van der Waals surface area contributed by atoms with Gasteiger partial charge in [-0.15, -0.1) is 0 Å². The summed E-state index contributed by atoms with van der Waals surface area (Å²) in [6.45, 7) is 0. The zero-order valence-electron chi connectivity index (χ0n) is 5.35.